The van der Waals surface area contributed by atoms with Crippen molar-refractivity contribution in [3.63, 3.8) is 0 Å². The standard InChI is InChI=1S/C22H22N6O2/c1-16(17-3-7-19(8-4-17)28-15-23-14-25-28)26-22(29)18-5-9-20(10-6-18)30-13-21-24-11-12-27(21)2/h3-12,14-16H,13H2,1-2H3,(H,26,29). The number of hydrogen-bond acceptors (Lipinski definition) is 5. The summed E-state index contributed by atoms with van der Waals surface area (Å²) in [6.07, 6.45) is 6.74. The normalized spacial score (nSPS) is 11.8. The molecule has 4 rings (SSSR count). The molecule has 8 nitrogen and oxygen atoms in total. The molecule has 2 heterocycles. The van der Waals surface area contributed by atoms with Crippen molar-refractivity contribution in [1.29, 1.82) is 0 Å². The Kier molecular flexibility index (Phi) is 5.56. The van der Waals surface area contributed by atoms with Crippen molar-refractivity contribution in [2.75, 3.05) is 0 Å². The molecule has 152 valence electrons. The second kappa shape index (κ2) is 8.60. The summed E-state index contributed by atoms with van der Waals surface area (Å²) in [6.45, 7) is 2.32. The molecule has 0 saturated carbocycles. The van der Waals surface area contributed by atoms with E-state index in [0.29, 0.717) is 17.9 Å². The number of ether oxygens (including phenoxy) is 1. The highest BCUT2D eigenvalue weighted by atomic mass is 16.5. The molecule has 0 saturated heterocycles. The molecule has 2 aromatic carbocycles. The number of nitrogens with one attached hydrogen (secondary N) is 1. The SMILES string of the molecule is CC(NC(=O)c1ccc(OCc2nccn2C)cc1)c1ccc(-n2cncn2)cc1. The van der Waals surface area contributed by atoms with Gasteiger partial charge in [0, 0.05) is 25.0 Å². The smallest absolute Gasteiger partial charge is 0.251 e. The van der Waals surface area contributed by atoms with Gasteiger partial charge in [-0.25, -0.2) is 14.6 Å². The minimum atomic E-state index is -0.140. The van der Waals surface area contributed by atoms with Crippen LogP contribution in [-0.2, 0) is 13.7 Å². The maximum atomic E-state index is 12.6. The van der Waals surface area contributed by atoms with Gasteiger partial charge in [-0.2, -0.15) is 5.10 Å². The second-order valence-electron chi connectivity index (χ2n) is 6.89. The third-order valence-corrected chi connectivity index (χ3v) is 4.83. The molecular weight excluding hydrogens is 380 g/mol. The number of carbonyl (C=O) groups excluding carboxylic acids is 1. The maximum absolute atomic E-state index is 12.6. The van der Waals surface area contributed by atoms with E-state index < -0.39 is 0 Å². The Balaban J connectivity index is 1.34. The summed E-state index contributed by atoms with van der Waals surface area (Å²) in [7, 11) is 1.92. The van der Waals surface area contributed by atoms with E-state index in [1.165, 1.54) is 6.33 Å². The van der Waals surface area contributed by atoms with Crippen LogP contribution >= 0.6 is 0 Å². The predicted molar refractivity (Wildman–Crippen MR) is 111 cm³/mol. The quantitative estimate of drug-likeness (QED) is 0.513. The zero-order chi connectivity index (χ0) is 20.9. The van der Waals surface area contributed by atoms with E-state index in [9.17, 15) is 4.79 Å². The fraction of sp³-hybridized carbons (Fsp3) is 0.182. The van der Waals surface area contributed by atoms with Crippen LogP contribution in [0.1, 0.15) is 34.7 Å². The zero-order valence-electron chi connectivity index (χ0n) is 16.8. The van der Waals surface area contributed by atoms with E-state index in [4.69, 9.17) is 4.74 Å². The molecule has 8 heteroatoms. The number of hydrogen-bond donors (Lipinski definition) is 1. The Morgan fingerprint density at radius 3 is 2.53 bits per heavy atom. The van der Waals surface area contributed by atoms with Gasteiger partial charge < -0.3 is 14.6 Å². The minimum Gasteiger partial charge on any atom is -0.486 e. The predicted octanol–water partition coefficient (Wildman–Crippen LogP) is 3.07. The Bertz CT molecular complexity index is 1100. The molecule has 2 aromatic heterocycles. The van der Waals surface area contributed by atoms with Crippen molar-refractivity contribution < 1.29 is 9.53 Å². The third-order valence-electron chi connectivity index (χ3n) is 4.83. The lowest BCUT2D eigenvalue weighted by Crippen LogP contribution is -2.26. The summed E-state index contributed by atoms with van der Waals surface area (Å²) in [6, 6.07) is 14.8. The van der Waals surface area contributed by atoms with E-state index in [-0.39, 0.29) is 11.9 Å². The van der Waals surface area contributed by atoms with E-state index >= 15 is 0 Å². The minimum absolute atomic E-state index is 0.137. The Labute approximate surface area is 174 Å². The molecule has 1 N–H and O–H groups in total. The van der Waals surface area contributed by atoms with E-state index in [0.717, 1.165) is 17.1 Å². The van der Waals surface area contributed by atoms with Crippen LogP contribution in [0.2, 0.25) is 0 Å². The highest BCUT2D eigenvalue weighted by molar-refractivity contribution is 5.94. The Morgan fingerprint density at radius 2 is 1.90 bits per heavy atom. The summed E-state index contributed by atoms with van der Waals surface area (Å²) >= 11 is 0. The number of amides is 1. The molecule has 0 spiro atoms. The molecule has 0 aliphatic rings. The van der Waals surface area contributed by atoms with Crippen molar-refractivity contribution in [2.24, 2.45) is 7.05 Å². The van der Waals surface area contributed by atoms with Crippen LogP contribution in [0, 0.1) is 0 Å². The summed E-state index contributed by atoms with van der Waals surface area (Å²) in [4.78, 5) is 20.8. The van der Waals surface area contributed by atoms with Crippen LogP contribution in [0.3, 0.4) is 0 Å². The zero-order valence-corrected chi connectivity index (χ0v) is 16.8. The van der Waals surface area contributed by atoms with Crippen LogP contribution in [0.15, 0.2) is 73.6 Å². The number of imidazole rings is 1. The van der Waals surface area contributed by atoms with Crippen molar-refractivity contribution >= 4 is 5.91 Å². The molecule has 1 unspecified atom stereocenters. The first-order chi connectivity index (χ1) is 14.6. The molecule has 0 radical (unpaired) electrons. The number of aromatic nitrogens is 5. The molecule has 0 fully saturated rings. The highest BCUT2D eigenvalue weighted by Crippen LogP contribution is 2.17. The van der Waals surface area contributed by atoms with Gasteiger partial charge in [0.15, 0.2) is 0 Å². The Hall–Kier alpha value is -3.94. The van der Waals surface area contributed by atoms with Gasteiger partial charge in [-0.05, 0) is 48.9 Å². The molecular formula is C22H22N6O2. The molecule has 4 aromatic rings. The molecule has 0 aliphatic carbocycles. The average molecular weight is 402 g/mol. The molecule has 0 aliphatic heterocycles. The van der Waals surface area contributed by atoms with Crippen molar-refractivity contribution in [3.8, 4) is 11.4 Å². The van der Waals surface area contributed by atoms with E-state index in [2.05, 4.69) is 20.4 Å². The van der Waals surface area contributed by atoms with E-state index in [1.807, 2.05) is 49.0 Å². The maximum Gasteiger partial charge on any atom is 0.251 e. The van der Waals surface area contributed by atoms with Crippen LogP contribution in [0.5, 0.6) is 5.75 Å². The first kappa shape index (κ1) is 19.4. The lowest BCUT2D eigenvalue weighted by Gasteiger charge is -2.15. The van der Waals surface area contributed by atoms with Gasteiger partial charge in [0.25, 0.3) is 5.91 Å². The van der Waals surface area contributed by atoms with Crippen LogP contribution in [0.4, 0.5) is 0 Å². The number of nitrogens with zero attached hydrogens (tertiary/aromatic N) is 5. The number of benzene rings is 2. The Morgan fingerprint density at radius 1 is 1.13 bits per heavy atom. The number of aryl methyl sites for hydroxylation is 1. The highest BCUT2D eigenvalue weighted by Gasteiger charge is 2.12. The summed E-state index contributed by atoms with van der Waals surface area (Å²) in [5.74, 6) is 1.38. The molecule has 1 atom stereocenters. The number of carbonyl (C=O) groups is 1. The summed E-state index contributed by atoms with van der Waals surface area (Å²) in [5, 5.41) is 7.13. The summed E-state index contributed by atoms with van der Waals surface area (Å²) < 4.78 is 9.32. The summed E-state index contributed by atoms with van der Waals surface area (Å²) in [5.41, 5.74) is 2.49. The van der Waals surface area contributed by atoms with Crippen molar-refractivity contribution in [2.45, 2.75) is 19.6 Å². The van der Waals surface area contributed by atoms with Crippen LogP contribution in [-0.4, -0.2) is 30.2 Å². The second-order valence-corrected chi connectivity index (χ2v) is 6.89. The fourth-order valence-electron chi connectivity index (χ4n) is 3.01. The van der Waals surface area contributed by atoms with Gasteiger partial charge in [0.2, 0.25) is 0 Å². The van der Waals surface area contributed by atoms with Gasteiger partial charge >= 0.3 is 0 Å². The lowest BCUT2D eigenvalue weighted by molar-refractivity contribution is 0.0940. The van der Waals surface area contributed by atoms with Crippen molar-refractivity contribution in [1.82, 2.24) is 29.6 Å². The van der Waals surface area contributed by atoms with Gasteiger partial charge in [0.1, 0.15) is 30.8 Å². The first-order valence-electron chi connectivity index (χ1n) is 9.55. The molecule has 30 heavy (non-hydrogen) atoms. The van der Waals surface area contributed by atoms with Crippen molar-refractivity contribution in [3.05, 3.63) is 90.5 Å². The number of rotatable bonds is 7. The molecule has 1 amide bonds. The lowest BCUT2D eigenvalue weighted by atomic mass is 10.1. The fourth-order valence-corrected chi connectivity index (χ4v) is 3.01. The monoisotopic (exact) mass is 402 g/mol. The van der Waals surface area contributed by atoms with Crippen LogP contribution in [0.25, 0.3) is 5.69 Å². The molecule has 0 bridgehead atoms. The van der Waals surface area contributed by atoms with Gasteiger partial charge in [0.05, 0.1) is 11.7 Å². The largest absolute Gasteiger partial charge is 0.486 e. The van der Waals surface area contributed by atoms with E-state index in [1.54, 1.807) is 41.5 Å². The van der Waals surface area contributed by atoms with Gasteiger partial charge in [-0.3, -0.25) is 4.79 Å². The van der Waals surface area contributed by atoms with Gasteiger partial charge in [-0.1, -0.05) is 12.1 Å². The third kappa shape index (κ3) is 4.38. The average Bonchev–Trinajstić information content (AvgIpc) is 3.45. The topological polar surface area (TPSA) is 86.9 Å². The van der Waals surface area contributed by atoms with Gasteiger partial charge in [-0.15, -0.1) is 0 Å². The van der Waals surface area contributed by atoms with Crippen LogP contribution < -0.4 is 10.1 Å². The first-order valence-corrected chi connectivity index (χ1v) is 9.55.